The Morgan fingerprint density at radius 3 is 2.48 bits per heavy atom. The van der Waals surface area contributed by atoms with Crippen LogP contribution in [-0.2, 0) is 11.3 Å². The second-order valence-corrected chi connectivity index (χ2v) is 8.51. The first kappa shape index (κ1) is 17.8. The smallest absolute Gasteiger partial charge is 0.410 e. The lowest BCUT2D eigenvalue weighted by Crippen LogP contribution is -2.46. The maximum absolute atomic E-state index is 12.8. The van der Waals surface area contributed by atoms with Gasteiger partial charge in [0.1, 0.15) is 5.60 Å². The fourth-order valence-corrected chi connectivity index (χ4v) is 3.37. The van der Waals surface area contributed by atoms with Gasteiger partial charge < -0.3 is 9.64 Å². The molecule has 1 saturated carbocycles. The van der Waals surface area contributed by atoms with Crippen molar-refractivity contribution in [2.75, 3.05) is 0 Å². The Morgan fingerprint density at radius 2 is 1.91 bits per heavy atom. The van der Waals surface area contributed by atoms with Gasteiger partial charge in [0.2, 0.25) is 0 Å². The molecule has 23 heavy (non-hydrogen) atoms. The molecule has 3 nitrogen and oxygen atoms in total. The van der Waals surface area contributed by atoms with E-state index in [0.29, 0.717) is 12.0 Å². The van der Waals surface area contributed by atoms with Crippen molar-refractivity contribution in [3.8, 4) is 0 Å². The Kier molecular flexibility index (Phi) is 5.38. The highest BCUT2D eigenvalue weighted by molar-refractivity contribution is 5.68. The first-order valence-electron chi connectivity index (χ1n) is 8.70. The number of carbonyl (C=O) groups is 1. The molecular weight excluding hydrogens is 286 g/mol. The average Bonchev–Trinajstić information content (AvgIpc) is 2.43. The van der Waals surface area contributed by atoms with Crippen molar-refractivity contribution >= 4 is 6.09 Å². The summed E-state index contributed by atoms with van der Waals surface area (Å²) in [5, 5.41) is 0. The minimum absolute atomic E-state index is 0.191. The Labute approximate surface area is 141 Å². The van der Waals surface area contributed by atoms with Gasteiger partial charge in [0.15, 0.2) is 0 Å². The summed E-state index contributed by atoms with van der Waals surface area (Å²) in [6.07, 6.45) is 4.32. The van der Waals surface area contributed by atoms with Gasteiger partial charge in [0.25, 0.3) is 0 Å². The third-order valence-corrected chi connectivity index (χ3v) is 4.44. The van der Waals surface area contributed by atoms with Crippen LogP contribution in [0, 0.1) is 5.41 Å². The molecule has 0 spiro atoms. The molecule has 1 amide bonds. The molecule has 0 bridgehead atoms. The molecule has 0 aromatic heterocycles. The largest absolute Gasteiger partial charge is 0.444 e. The van der Waals surface area contributed by atoms with Gasteiger partial charge in [0, 0.05) is 12.6 Å². The van der Waals surface area contributed by atoms with Crippen LogP contribution >= 0.6 is 0 Å². The summed E-state index contributed by atoms with van der Waals surface area (Å²) >= 11 is 0. The van der Waals surface area contributed by atoms with Crippen molar-refractivity contribution in [2.45, 2.75) is 78.5 Å². The molecule has 128 valence electrons. The van der Waals surface area contributed by atoms with E-state index < -0.39 is 5.60 Å². The third kappa shape index (κ3) is 5.56. The molecule has 1 aromatic rings. The lowest BCUT2D eigenvalue weighted by atomic mass is 9.74. The van der Waals surface area contributed by atoms with Crippen LogP contribution in [0.25, 0.3) is 0 Å². The topological polar surface area (TPSA) is 29.5 Å². The average molecular weight is 317 g/mol. The van der Waals surface area contributed by atoms with E-state index in [1.54, 1.807) is 0 Å². The maximum Gasteiger partial charge on any atom is 0.410 e. The van der Waals surface area contributed by atoms with Crippen molar-refractivity contribution in [1.29, 1.82) is 0 Å². The summed E-state index contributed by atoms with van der Waals surface area (Å²) in [4.78, 5) is 14.7. The molecule has 2 rings (SSSR count). The molecule has 3 heteroatoms. The minimum Gasteiger partial charge on any atom is -0.444 e. The minimum atomic E-state index is -0.462. The molecule has 0 saturated heterocycles. The predicted octanol–water partition coefficient (Wildman–Crippen LogP) is 5.39. The molecule has 1 atom stereocenters. The highest BCUT2D eigenvalue weighted by Crippen LogP contribution is 2.38. The van der Waals surface area contributed by atoms with Crippen molar-refractivity contribution in [3.05, 3.63) is 35.9 Å². The summed E-state index contributed by atoms with van der Waals surface area (Å²) in [7, 11) is 0. The Balaban J connectivity index is 2.18. The highest BCUT2D eigenvalue weighted by Gasteiger charge is 2.35. The molecule has 1 fully saturated rings. The third-order valence-electron chi connectivity index (χ3n) is 4.44. The number of ether oxygens (including phenoxy) is 1. The number of hydrogen-bond donors (Lipinski definition) is 0. The molecule has 0 aliphatic heterocycles. The van der Waals surface area contributed by atoms with Crippen molar-refractivity contribution in [2.24, 2.45) is 5.41 Å². The van der Waals surface area contributed by atoms with Gasteiger partial charge in [-0.25, -0.2) is 4.79 Å². The van der Waals surface area contributed by atoms with Gasteiger partial charge >= 0.3 is 6.09 Å². The SMILES string of the molecule is CC1(C)CCC[C@@H](N(Cc2ccccc2)C(=O)OC(C)(C)C)C1. The predicted molar refractivity (Wildman–Crippen MR) is 94.3 cm³/mol. The highest BCUT2D eigenvalue weighted by atomic mass is 16.6. The van der Waals surface area contributed by atoms with E-state index in [2.05, 4.69) is 26.0 Å². The van der Waals surface area contributed by atoms with E-state index in [-0.39, 0.29) is 12.1 Å². The maximum atomic E-state index is 12.8. The van der Waals surface area contributed by atoms with Crippen LogP contribution in [0.15, 0.2) is 30.3 Å². The van der Waals surface area contributed by atoms with Gasteiger partial charge in [-0.1, -0.05) is 50.6 Å². The number of rotatable bonds is 3. The molecule has 0 heterocycles. The zero-order chi connectivity index (χ0) is 17.1. The van der Waals surface area contributed by atoms with Crippen LogP contribution in [0.4, 0.5) is 4.79 Å². The normalized spacial score (nSPS) is 20.8. The van der Waals surface area contributed by atoms with E-state index in [9.17, 15) is 4.79 Å². The number of carbonyl (C=O) groups excluding carboxylic acids is 1. The fraction of sp³-hybridized carbons (Fsp3) is 0.650. The van der Waals surface area contributed by atoms with Crippen LogP contribution in [0.3, 0.4) is 0 Å². The van der Waals surface area contributed by atoms with Crippen LogP contribution in [-0.4, -0.2) is 22.6 Å². The number of hydrogen-bond acceptors (Lipinski definition) is 2. The number of amides is 1. The van der Waals surface area contributed by atoms with Gasteiger partial charge in [-0.3, -0.25) is 0 Å². The number of benzene rings is 1. The van der Waals surface area contributed by atoms with Crippen molar-refractivity contribution in [3.63, 3.8) is 0 Å². The first-order chi connectivity index (χ1) is 10.7. The summed E-state index contributed by atoms with van der Waals surface area (Å²) in [6.45, 7) is 11.0. The van der Waals surface area contributed by atoms with Crippen LogP contribution in [0.2, 0.25) is 0 Å². The molecule has 1 aliphatic rings. The summed E-state index contributed by atoms with van der Waals surface area (Å²) in [5.74, 6) is 0. The molecular formula is C20H31NO2. The van der Waals surface area contributed by atoms with Crippen molar-refractivity contribution < 1.29 is 9.53 Å². The van der Waals surface area contributed by atoms with E-state index in [0.717, 1.165) is 18.4 Å². The molecule has 0 unspecified atom stereocenters. The summed E-state index contributed by atoms with van der Waals surface area (Å²) < 4.78 is 5.68. The van der Waals surface area contributed by atoms with Crippen LogP contribution < -0.4 is 0 Å². The lowest BCUT2D eigenvalue weighted by Gasteiger charge is -2.41. The van der Waals surface area contributed by atoms with Crippen molar-refractivity contribution in [1.82, 2.24) is 4.90 Å². The van der Waals surface area contributed by atoms with Gasteiger partial charge in [0.05, 0.1) is 0 Å². The number of nitrogens with zero attached hydrogens (tertiary/aromatic N) is 1. The standard InChI is InChI=1S/C20H31NO2/c1-19(2,3)23-18(22)21(15-16-10-7-6-8-11-16)17-12-9-13-20(4,5)14-17/h6-8,10-11,17H,9,12-15H2,1-5H3/t17-/m1/s1. The second kappa shape index (κ2) is 6.94. The summed E-state index contributed by atoms with van der Waals surface area (Å²) in [5.41, 5.74) is 0.984. The zero-order valence-electron chi connectivity index (χ0n) is 15.3. The van der Waals surface area contributed by atoms with Crippen LogP contribution in [0.5, 0.6) is 0 Å². The quantitative estimate of drug-likeness (QED) is 0.747. The van der Waals surface area contributed by atoms with E-state index >= 15 is 0 Å². The van der Waals surface area contributed by atoms with Gasteiger partial charge in [-0.15, -0.1) is 0 Å². The molecule has 0 N–H and O–H groups in total. The lowest BCUT2D eigenvalue weighted by molar-refractivity contribution is 0.00250. The van der Waals surface area contributed by atoms with E-state index in [4.69, 9.17) is 4.74 Å². The Bertz CT molecular complexity index is 516. The molecule has 1 aliphatic carbocycles. The van der Waals surface area contributed by atoms with Crippen LogP contribution in [0.1, 0.15) is 65.9 Å². The second-order valence-electron chi connectivity index (χ2n) is 8.51. The zero-order valence-corrected chi connectivity index (χ0v) is 15.3. The van der Waals surface area contributed by atoms with E-state index in [1.807, 2.05) is 43.9 Å². The van der Waals surface area contributed by atoms with Gasteiger partial charge in [-0.05, 0) is 51.0 Å². The first-order valence-corrected chi connectivity index (χ1v) is 8.70. The molecule has 0 radical (unpaired) electrons. The Hall–Kier alpha value is -1.51. The van der Waals surface area contributed by atoms with Gasteiger partial charge in [-0.2, -0.15) is 0 Å². The van der Waals surface area contributed by atoms with E-state index in [1.165, 1.54) is 12.8 Å². The summed E-state index contributed by atoms with van der Waals surface area (Å²) in [6, 6.07) is 10.5. The monoisotopic (exact) mass is 317 g/mol. The Morgan fingerprint density at radius 1 is 1.26 bits per heavy atom. The fourth-order valence-electron chi connectivity index (χ4n) is 3.37. The molecule has 1 aromatic carbocycles.